The Morgan fingerprint density at radius 1 is 1.06 bits per heavy atom. The van der Waals surface area contributed by atoms with Gasteiger partial charge < -0.3 is 14.8 Å². The quantitative estimate of drug-likeness (QED) is 0.455. The Morgan fingerprint density at radius 2 is 1.73 bits per heavy atom. The van der Waals surface area contributed by atoms with Crippen molar-refractivity contribution in [2.45, 2.75) is 26.9 Å². The molecule has 0 aliphatic heterocycles. The van der Waals surface area contributed by atoms with Crippen LogP contribution in [-0.2, 0) is 15.7 Å². The van der Waals surface area contributed by atoms with Crippen LogP contribution in [0.5, 0.6) is 6.01 Å². The Bertz CT molecular complexity index is 1060. The molecule has 10 heteroatoms. The van der Waals surface area contributed by atoms with Gasteiger partial charge in [-0.25, -0.2) is 4.68 Å². The second-order valence-electron chi connectivity index (χ2n) is 7.44. The van der Waals surface area contributed by atoms with E-state index >= 15 is 0 Å². The van der Waals surface area contributed by atoms with E-state index in [1.807, 2.05) is 6.92 Å². The van der Waals surface area contributed by atoms with Crippen molar-refractivity contribution in [1.29, 1.82) is 0 Å². The zero-order valence-electron chi connectivity index (χ0n) is 18.5. The van der Waals surface area contributed by atoms with Crippen LogP contribution < -0.4 is 10.1 Å². The van der Waals surface area contributed by atoms with Crippen LogP contribution in [0.4, 0.5) is 18.9 Å². The van der Waals surface area contributed by atoms with Crippen LogP contribution in [0.25, 0.3) is 17.1 Å². The maximum atomic E-state index is 13.0. The fourth-order valence-electron chi connectivity index (χ4n) is 2.84. The van der Waals surface area contributed by atoms with E-state index in [2.05, 4.69) is 15.4 Å². The van der Waals surface area contributed by atoms with E-state index in [1.54, 1.807) is 38.1 Å². The molecule has 1 aromatic heterocycles. The number of ether oxygens (including phenoxy) is 2. The topological polar surface area (TPSA) is 78.3 Å². The summed E-state index contributed by atoms with van der Waals surface area (Å²) in [6.07, 6.45) is -4.43. The number of carbonyl (C=O) groups is 1. The fourth-order valence-corrected chi connectivity index (χ4v) is 2.84. The highest BCUT2D eigenvalue weighted by atomic mass is 19.4. The molecular weight excluding hydrogens is 437 g/mol. The maximum absolute atomic E-state index is 13.0. The number of rotatable bonds is 9. The molecule has 176 valence electrons. The van der Waals surface area contributed by atoms with Gasteiger partial charge in [0.15, 0.2) is 5.82 Å². The van der Waals surface area contributed by atoms with Gasteiger partial charge in [-0.05, 0) is 43.3 Å². The Morgan fingerprint density at radius 3 is 2.30 bits per heavy atom. The molecular formula is C23H25F3N4O3. The van der Waals surface area contributed by atoms with Crippen LogP contribution in [0.2, 0.25) is 0 Å². The SMILES string of the molecule is CCOCCOc1nc(-c2ccc(C(F)(F)F)cc2)n(-c2ccc(NC(=O)C(C)C)cc2)n1. The van der Waals surface area contributed by atoms with Crippen LogP contribution in [0.1, 0.15) is 26.3 Å². The number of anilines is 1. The number of nitrogens with one attached hydrogen (secondary N) is 1. The van der Waals surface area contributed by atoms with Crippen molar-refractivity contribution in [2.75, 3.05) is 25.1 Å². The van der Waals surface area contributed by atoms with Gasteiger partial charge in [-0.1, -0.05) is 26.0 Å². The first kappa shape index (κ1) is 24.2. The minimum atomic E-state index is -4.43. The minimum Gasteiger partial charge on any atom is -0.460 e. The van der Waals surface area contributed by atoms with Gasteiger partial charge in [0.25, 0.3) is 0 Å². The Hall–Kier alpha value is -3.40. The number of alkyl halides is 3. The molecule has 0 spiro atoms. The van der Waals surface area contributed by atoms with Crippen molar-refractivity contribution < 1.29 is 27.4 Å². The average Bonchev–Trinajstić information content (AvgIpc) is 3.21. The molecule has 3 aromatic rings. The number of amides is 1. The van der Waals surface area contributed by atoms with Gasteiger partial charge in [-0.15, -0.1) is 5.10 Å². The number of carbonyl (C=O) groups excluding carboxylic acids is 1. The molecule has 0 radical (unpaired) electrons. The molecule has 0 saturated carbocycles. The summed E-state index contributed by atoms with van der Waals surface area (Å²) in [6, 6.07) is 11.6. The van der Waals surface area contributed by atoms with Crippen LogP contribution in [-0.4, -0.2) is 40.5 Å². The maximum Gasteiger partial charge on any atom is 0.416 e. The van der Waals surface area contributed by atoms with Gasteiger partial charge in [0.2, 0.25) is 5.91 Å². The van der Waals surface area contributed by atoms with Crippen LogP contribution >= 0.6 is 0 Å². The number of aromatic nitrogens is 3. The second kappa shape index (κ2) is 10.5. The summed E-state index contributed by atoms with van der Waals surface area (Å²) in [5.74, 6) is 0.0377. The first-order valence-electron chi connectivity index (χ1n) is 10.5. The lowest BCUT2D eigenvalue weighted by Crippen LogP contribution is -2.17. The van der Waals surface area contributed by atoms with E-state index in [1.165, 1.54) is 16.8 Å². The molecule has 7 nitrogen and oxygen atoms in total. The van der Waals surface area contributed by atoms with Crippen LogP contribution in [0.3, 0.4) is 0 Å². The molecule has 0 unspecified atom stereocenters. The minimum absolute atomic E-state index is 0.0711. The molecule has 0 aliphatic rings. The van der Waals surface area contributed by atoms with Crippen molar-refractivity contribution in [3.63, 3.8) is 0 Å². The smallest absolute Gasteiger partial charge is 0.416 e. The number of benzene rings is 2. The molecule has 0 aliphatic carbocycles. The van der Waals surface area contributed by atoms with E-state index < -0.39 is 11.7 Å². The highest BCUT2D eigenvalue weighted by Crippen LogP contribution is 2.31. The number of halogens is 3. The highest BCUT2D eigenvalue weighted by molar-refractivity contribution is 5.92. The van der Waals surface area contributed by atoms with E-state index in [0.717, 1.165) is 12.1 Å². The largest absolute Gasteiger partial charge is 0.460 e. The average molecular weight is 462 g/mol. The summed E-state index contributed by atoms with van der Waals surface area (Å²) in [5, 5.41) is 7.17. The van der Waals surface area contributed by atoms with Gasteiger partial charge in [-0.3, -0.25) is 4.79 Å². The molecule has 0 saturated heterocycles. The third kappa shape index (κ3) is 6.32. The Labute approximate surface area is 189 Å². The molecule has 0 bridgehead atoms. The lowest BCUT2D eigenvalue weighted by molar-refractivity contribution is -0.137. The van der Waals surface area contributed by atoms with Crippen molar-refractivity contribution in [3.8, 4) is 23.1 Å². The van der Waals surface area contributed by atoms with Crippen LogP contribution in [0, 0.1) is 5.92 Å². The molecule has 33 heavy (non-hydrogen) atoms. The normalized spacial score (nSPS) is 11.6. The zero-order valence-corrected chi connectivity index (χ0v) is 18.5. The predicted octanol–water partition coefficient (Wildman–Crippen LogP) is 4.96. The molecule has 1 amide bonds. The Balaban J connectivity index is 1.92. The van der Waals surface area contributed by atoms with E-state index in [-0.39, 0.29) is 24.4 Å². The van der Waals surface area contributed by atoms with Crippen molar-refractivity contribution >= 4 is 11.6 Å². The van der Waals surface area contributed by atoms with Gasteiger partial charge in [0.1, 0.15) is 6.61 Å². The Kier molecular flexibility index (Phi) is 7.70. The molecule has 1 heterocycles. The molecule has 1 N–H and O–H groups in total. The standard InChI is InChI=1S/C23H25F3N4O3/c1-4-32-13-14-33-22-28-20(16-5-7-17(8-6-16)23(24,25)26)30(29-22)19-11-9-18(10-12-19)27-21(31)15(2)3/h5-12,15H,4,13-14H2,1-3H3,(H,27,31). The monoisotopic (exact) mass is 462 g/mol. The first-order valence-corrected chi connectivity index (χ1v) is 10.5. The molecule has 3 rings (SSSR count). The third-order valence-corrected chi connectivity index (χ3v) is 4.62. The number of nitrogens with zero attached hydrogens (tertiary/aromatic N) is 3. The zero-order chi connectivity index (χ0) is 24.0. The highest BCUT2D eigenvalue weighted by Gasteiger charge is 2.30. The van der Waals surface area contributed by atoms with Crippen molar-refractivity contribution in [3.05, 3.63) is 54.1 Å². The summed E-state index contributed by atoms with van der Waals surface area (Å²) >= 11 is 0. The summed E-state index contributed by atoms with van der Waals surface area (Å²) in [7, 11) is 0. The van der Waals surface area contributed by atoms with E-state index in [4.69, 9.17) is 9.47 Å². The summed E-state index contributed by atoms with van der Waals surface area (Å²) in [6.45, 7) is 6.57. The fraction of sp³-hybridized carbons (Fsp3) is 0.348. The van der Waals surface area contributed by atoms with Gasteiger partial charge in [0.05, 0.1) is 17.9 Å². The summed E-state index contributed by atoms with van der Waals surface area (Å²) < 4.78 is 51.1. The van der Waals surface area contributed by atoms with Gasteiger partial charge >= 0.3 is 12.2 Å². The van der Waals surface area contributed by atoms with Crippen molar-refractivity contribution in [1.82, 2.24) is 14.8 Å². The van der Waals surface area contributed by atoms with Gasteiger partial charge in [-0.2, -0.15) is 18.2 Å². The molecule has 0 atom stereocenters. The first-order chi connectivity index (χ1) is 15.7. The summed E-state index contributed by atoms with van der Waals surface area (Å²) in [5.41, 5.74) is 0.893. The van der Waals surface area contributed by atoms with Crippen LogP contribution in [0.15, 0.2) is 48.5 Å². The lowest BCUT2D eigenvalue weighted by atomic mass is 10.1. The van der Waals surface area contributed by atoms with Gasteiger partial charge in [0, 0.05) is 23.8 Å². The van der Waals surface area contributed by atoms with E-state index in [0.29, 0.717) is 36.0 Å². The third-order valence-electron chi connectivity index (χ3n) is 4.62. The number of hydrogen-bond acceptors (Lipinski definition) is 5. The summed E-state index contributed by atoms with van der Waals surface area (Å²) in [4.78, 5) is 16.3. The molecule has 2 aromatic carbocycles. The second-order valence-corrected chi connectivity index (χ2v) is 7.44. The predicted molar refractivity (Wildman–Crippen MR) is 117 cm³/mol. The lowest BCUT2D eigenvalue weighted by Gasteiger charge is -2.10. The molecule has 0 fully saturated rings. The van der Waals surface area contributed by atoms with Crippen molar-refractivity contribution in [2.24, 2.45) is 5.92 Å². The van der Waals surface area contributed by atoms with E-state index in [9.17, 15) is 18.0 Å². The number of hydrogen-bond donors (Lipinski definition) is 1.